The van der Waals surface area contributed by atoms with Crippen molar-refractivity contribution in [3.05, 3.63) is 35.1 Å². The van der Waals surface area contributed by atoms with Gasteiger partial charge in [0.2, 0.25) is 0 Å². The summed E-state index contributed by atoms with van der Waals surface area (Å²) in [7, 11) is 3.69. The summed E-state index contributed by atoms with van der Waals surface area (Å²) in [5.74, 6) is 1.06. The number of carbonyl (C=O) groups excluding carboxylic acids is 1. The van der Waals surface area contributed by atoms with Gasteiger partial charge in [0.15, 0.2) is 0 Å². The predicted molar refractivity (Wildman–Crippen MR) is 88.8 cm³/mol. The Morgan fingerprint density at radius 1 is 1.45 bits per heavy atom. The molecule has 1 atom stereocenters. The van der Waals surface area contributed by atoms with E-state index in [0.717, 1.165) is 6.42 Å². The normalized spacial score (nSPS) is 12.0. The van der Waals surface area contributed by atoms with Gasteiger partial charge in [-0.3, -0.25) is 4.79 Å². The maximum absolute atomic E-state index is 12.4. The molecule has 0 saturated heterocycles. The average molecular weight is 322 g/mol. The molecular weight excluding hydrogens is 302 g/mol. The summed E-state index contributed by atoms with van der Waals surface area (Å²) in [6, 6.07) is 5.24. The zero-order valence-electron chi connectivity index (χ0n) is 13.2. The van der Waals surface area contributed by atoms with Gasteiger partial charge < -0.3 is 10.2 Å². The molecule has 118 valence electrons. The highest BCUT2D eigenvalue weighted by Crippen LogP contribution is 2.20. The van der Waals surface area contributed by atoms with E-state index in [1.807, 2.05) is 14.1 Å². The summed E-state index contributed by atoms with van der Waals surface area (Å²) in [5, 5.41) is 7.41. The van der Waals surface area contributed by atoms with Crippen LogP contribution in [0.3, 0.4) is 0 Å². The van der Waals surface area contributed by atoms with E-state index in [2.05, 4.69) is 29.2 Å². The Morgan fingerprint density at radius 2 is 2.18 bits per heavy atom. The number of nitrogens with one attached hydrogen (secondary N) is 1. The van der Waals surface area contributed by atoms with Gasteiger partial charge in [-0.2, -0.15) is 5.10 Å². The standard InChI is InChI=1S/C15H20ClN5O/c1-5-10(2)21-13(6-7-17-21)19-15(22)11-8-12(16)18-14(9-11)20(3)4/h6-10H,5H2,1-4H3,(H,19,22). The van der Waals surface area contributed by atoms with Gasteiger partial charge in [-0.1, -0.05) is 18.5 Å². The van der Waals surface area contributed by atoms with E-state index in [-0.39, 0.29) is 17.1 Å². The molecule has 0 aromatic carbocycles. The third-order valence-corrected chi connectivity index (χ3v) is 3.61. The van der Waals surface area contributed by atoms with Crippen molar-refractivity contribution in [2.75, 3.05) is 24.3 Å². The molecule has 0 spiro atoms. The van der Waals surface area contributed by atoms with Crippen LogP contribution >= 0.6 is 11.6 Å². The van der Waals surface area contributed by atoms with E-state index < -0.39 is 0 Å². The first kappa shape index (κ1) is 16.3. The van der Waals surface area contributed by atoms with E-state index in [1.54, 1.807) is 34.0 Å². The van der Waals surface area contributed by atoms with E-state index >= 15 is 0 Å². The lowest BCUT2D eigenvalue weighted by atomic mass is 10.2. The molecule has 2 aromatic rings. The van der Waals surface area contributed by atoms with Gasteiger partial charge in [-0.05, 0) is 25.5 Å². The number of rotatable bonds is 5. The number of hydrogen-bond donors (Lipinski definition) is 1. The Labute approximate surface area is 135 Å². The minimum absolute atomic E-state index is 0.212. The second-order valence-electron chi connectivity index (χ2n) is 5.30. The van der Waals surface area contributed by atoms with Crippen LogP contribution in [-0.4, -0.2) is 34.8 Å². The fourth-order valence-electron chi connectivity index (χ4n) is 1.97. The SMILES string of the molecule is CCC(C)n1nccc1NC(=O)c1cc(Cl)nc(N(C)C)c1. The van der Waals surface area contributed by atoms with Crippen molar-refractivity contribution in [3.63, 3.8) is 0 Å². The molecule has 0 radical (unpaired) electrons. The lowest BCUT2D eigenvalue weighted by Gasteiger charge is -2.15. The van der Waals surface area contributed by atoms with E-state index in [0.29, 0.717) is 17.2 Å². The number of hydrogen-bond acceptors (Lipinski definition) is 4. The number of aromatic nitrogens is 3. The molecule has 0 fully saturated rings. The summed E-state index contributed by atoms with van der Waals surface area (Å²) < 4.78 is 1.80. The number of carbonyl (C=O) groups is 1. The Kier molecular flexibility index (Phi) is 5.03. The summed E-state index contributed by atoms with van der Waals surface area (Å²) in [6.45, 7) is 4.13. The fourth-order valence-corrected chi connectivity index (χ4v) is 2.17. The Morgan fingerprint density at radius 3 is 2.82 bits per heavy atom. The quantitative estimate of drug-likeness (QED) is 0.859. The third kappa shape index (κ3) is 3.57. The maximum atomic E-state index is 12.4. The molecule has 2 rings (SSSR count). The van der Waals surface area contributed by atoms with Crippen LogP contribution in [0.15, 0.2) is 24.4 Å². The summed E-state index contributed by atoms with van der Waals surface area (Å²) in [5.41, 5.74) is 0.459. The minimum Gasteiger partial charge on any atom is -0.363 e. The summed E-state index contributed by atoms with van der Waals surface area (Å²) >= 11 is 5.99. The zero-order chi connectivity index (χ0) is 16.3. The van der Waals surface area contributed by atoms with Crippen LogP contribution in [0.1, 0.15) is 36.7 Å². The number of pyridine rings is 1. The smallest absolute Gasteiger partial charge is 0.257 e. The molecule has 1 unspecified atom stereocenters. The third-order valence-electron chi connectivity index (χ3n) is 3.42. The van der Waals surface area contributed by atoms with Crippen molar-refractivity contribution in [2.45, 2.75) is 26.3 Å². The van der Waals surface area contributed by atoms with Crippen molar-refractivity contribution in [2.24, 2.45) is 0 Å². The van der Waals surface area contributed by atoms with Crippen LogP contribution in [-0.2, 0) is 0 Å². The molecule has 0 saturated carbocycles. The van der Waals surface area contributed by atoms with Crippen molar-refractivity contribution in [3.8, 4) is 0 Å². The van der Waals surface area contributed by atoms with E-state index in [9.17, 15) is 4.79 Å². The molecule has 1 N–H and O–H groups in total. The molecule has 0 aliphatic rings. The average Bonchev–Trinajstić information content (AvgIpc) is 2.93. The van der Waals surface area contributed by atoms with Crippen LogP contribution in [0.4, 0.5) is 11.6 Å². The highest BCUT2D eigenvalue weighted by molar-refractivity contribution is 6.30. The number of halogens is 1. The summed E-state index contributed by atoms with van der Waals surface area (Å²) in [6.07, 6.45) is 2.60. The van der Waals surface area contributed by atoms with Gasteiger partial charge >= 0.3 is 0 Å². The van der Waals surface area contributed by atoms with Crippen molar-refractivity contribution in [1.82, 2.24) is 14.8 Å². The van der Waals surface area contributed by atoms with Gasteiger partial charge in [0.25, 0.3) is 5.91 Å². The van der Waals surface area contributed by atoms with Crippen molar-refractivity contribution < 1.29 is 4.79 Å². The van der Waals surface area contributed by atoms with E-state index in [1.165, 1.54) is 0 Å². The first-order valence-electron chi connectivity index (χ1n) is 7.12. The van der Waals surface area contributed by atoms with Gasteiger partial charge in [0.05, 0.1) is 12.2 Å². The molecule has 0 aliphatic carbocycles. The fraction of sp³-hybridized carbons (Fsp3) is 0.400. The molecule has 2 aromatic heterocycles. The Bertz CT molecular complexity index is 668. The van der Waals surface area contributed by atoms with Crippen LogP contribution in [0.5, 0.6) is 0 Å². The highest BCUT2D eigenvalue weighted by atomic mass is 35.5. The second kappa shape index (κ2) is 6.79. The molecule has 6 nitrogen and oxygen atoms in total. The lowest BCUT2D eigenvalue weighted by molar-refractivity contribution is 0.102. The van der Waals surface area contributed by atoms with Crippen LogP contribution in [0, 0.1) is 0 Å². The van der Waals surface area contributed by atoms with Crippen molar-refractivity contribution in [1.29, 1.82) is 0 Å². The molecule has 22 heavy (non-hydrogen) atoms. The zero-order valence-corrected chi connectivity index (χ0v) is 13.9. The van der Waals surface area contributed by atoms with Crippen molar-refractivity contribution >= 4 is 29.1 Å². The molecule has 0 aliphatic heterocycles. The van der Waals surface area contributed by atoms with Gasteiger partial charge in [0.1, 0.15) is 16.8 Å². The molecule has 1 amide bonds. The second-order valence-corrected chi connectivity index (χ2v) is 5.69. The Hall–Kier alpha value is -2.08. The molecule has 2 heterocycles. The maximum Gasteiger partial charge on any atom is 0.257 e. The topological polar surface area (TPSA) is 63.1 Å². The monoisotopic (exact) mass is 321 g/mol. The van der Waals surface area contributed by atoms with Crippen LogP contribution in [0.2, 0.25) is 5.15 Å². The van der Waals surface area contributed by atoms with E-state index in [4.69, 9.17) is 11.6 Å². The number of nitrogens with zero attached hydrogens (tertiary/aromatic N) is 4. The van der Waals surface area contributed by atoms with Crippen LogP contribution in [0.25, 0.3) is 0 Å². The molecule has 0 bridgehead atoms. The van der Waals surface area contributed by atoms with Crippen LogP contribution < -0.4 is 10.2 Å². The van der Waals surface area contributed by atoms with Gasteiger partial charge in [0, 0.05) is 25.7 Å². The lowest BCUT2D eigenvalue weighted by Crippen LogP contribution is -2.18. The summed E-state index contributed by atoms with van der Waals surface area (Å²) in [4.78, 5) is 18.4. The highest BCUT2D eigenvalue weighted by Gasteiger charge is 2.14. The first-order valence-corrected chi connectivity index (χ1v) is 7.50. The minimum atomic E-state index is -0.238. The largest absolute Gasteiger partial charge is 0.363 e. The van der Waals surface area contributed by atoms with Gasteiger partial charge in [-0.25, -0.2) is 9.67 Å². The molecule has 7 heteroatoms. The van der Waals surface area contributed by atoms with Gasteiger partial charge in [-0.15, -0.1) is 0 Å². The predicted octanol–water partition coefficient (Wildman–Crippen LogP) is 3.22. The Balaban J connectivity index is 2.25. The number of amides is 1. The molecular formula is C15H20ClN5O. The first-order chi connectivity index (χ1) is 10.4. The number of anilines is 2.